The number of rotatable bonds is 4. The van der Waals surface area contributed by atoms with Gasteiger partial charge in [-0.2, -0.15) is 0 Å². The molecule has 1 aromatic carbocycles. The molecule has 1 atom stereocenters. The van der Waals surface area contributed by atoms with E-state index in [4.69, 9.17) is 11.6 Å². The number of piperidine rings is 1. The number of sulfone groups is 1. The first-order chi connectivity index (χ1) is 10.9. The first-order valence-electron chi connectivity index (χ1n) is 7.86. The zero-order valence-electron chi connectivity index (χ0n) is 13.6. The molecule has 2 rings (SSSR count). The Hall–Kier alpha value is -1.27. The van der Waals surface area contributed by atoms with Crippen LogP contribution in [0.2, 0.25) is 5.02 Å². The Labute approximate surface area is 143 Å². The Morgan fingerprint density at radius 3 is 2.70 bits per heavy atom. The highest BCUT2D eigenvalue weighted by Gasteiger charge is 2.20. The lowest BCUT2D eigenvalue weighted by Crippen LogP contribution is -2.47. The van der Waals surface area contributed by atoms with Crippen molar-refractivity contribution in [3.8, 4) is 0 Å². The van der Waals surface area contributed by atoms with Crippen molar-refractivity contribution in [3.63, 3.8) is 0 Å². The van der Waals surface area contributed by atoms with E-state index in [1.165, 1.54) is 6.42 Å². The normalized spacial score (nSPS) is 19.7. The van der Waals surface area contributed by atoms with E-state index in [-0.39, 0.29) is 5.75 Å². The van der Waals surface area contributed by atoms with E-state index in [9.17, 15) is 8.42 Å². The average molecular weight is 358 g/mol. The van der Waals surface area contributed by atoms with Gasteiger partial charge in [-0.15, -0.1) is 0 Å². The van der Waals surface area contributed by atoms with Gasteiger partial charge in [0.25, 0.3) is 0 Å². The molecule has 1 aliphatic rings. The quantitative estimate of drug-likeness (QED) is 0.664. The number of halogens is 1. The van der Waals surface area contributed by atoms with Crippen molar-refractivity contribution in [2.45, 2.75) is 24.7 Å². The van der Waals surface area contributed by atoms with Gasteiger partial charge in [-0.1, -0.05) is 18.5 Å². The number of nitrogens with one attached hydrogen (secondary N) is 1. The van der Waals surface area contributed by atoms with Gasteiger partial charge in [0, 0.05) is 31.7 Å². The molecule has 1 unspecified atom stereocenters. The minimum Gasteiger partial charge on any atom is -0.355 e. The summed E-state index contributed by atoms with van der Waals surface area (Å²) in [5, 5.41) is 3.70. The summed E-state index contributed by atoms with van der Waals surface area (Å²) in [6.07, 6.45) is 2.38. The SMILES string of the molecule is CN=C(NCCS(=O)(=O)c1ccc(Cl)cc1)N1CCCC(C)C1. The minimum absolute atomic E-state index is 0.0248. The van der Waals surface area contributed by atoms with Crippen molar-refractivity contribution in [2.24, 2.45) is 10.9 Å². The molecule has 0 amide bonds. The van der Waals surface area contributed by atoms with Gasteiger partial charge in [0.15, 0.2) is 15.8 Å². The summed E-state index contributed by atoms with van der Waals surface area (Å²) in [5.41, 5.74) is 0. The standard InChI is InChI=1S/C16H24ClN3O2S/c1-13-4-3-10-20(12-13)16(18-2)19-9-11-23(21,22)15-7-5-14(17)6-8-15/h5-8,13H,3-4,9-12H2,1-2H3,(H,18,19). The van der Waals surface area contributed by atoms with Crippen LogP contribution in [0, 0.1) is 5.92 Å². The van der Waals surface area contributed by atoms with Crippen LogP contribution in [-0.4, -0.2) is 51.7 Å². The summed E-state index contributed by atoms with van der Waals surface area (Å²) < 4.78 is 24.6. The number of hydrogen-bond acceptors (Lipinski definition) is 3. The van der Waals surface area contributed by atoms with Crippen molar-refractivity contribution in [1.82, 2.24) is 10.2 Å². The predicted molar refractivity (Wildman–Crippen MR) is 94.8 cm³/mol. The summed E-state index contributed by atoms with van der Waals surface area (Å²) in [4.78, 5) is 6.76. The predicted octanol–water partition coefficient (Wildman–Crippen LogP) is 2.42. The van der Waals surface area contributed by atoms with Crippen molar-refractivity contribution in [1.29, 1.82) is 0 Å². The average Bonchev–Trinajstić information content (AvgIpc) is 2.52. The van der Waals surface area contributed by atoms with Crippen LogP contribution in [0.1, 0.15) is 19.8 Å². The maximum absolute atomic E-state index is 12.3. The van der Waals surface area contributed by atoms with E-state index < -0.39 is 9.84 Å². The van der Waals surface area contributed by atoms with Gasteiger partial charge in [-0.3, -0.25) is 4.99 Å². The van der Waals surface area contributed by atoms with Crippen LogP contribution in [-0.2, 0) is 9.84 Å². The Kier molecular flexibility index (Phi) is 6.30. The van der Waals surface area contributed by atoms with Gasteiger partial charge in [-0.25, -0.2) is 8.42 Å². The molecular weight excluding hydrogens is 334 g/mol. The molecule has 1 heterocycles. The summed E-state index contributed by atoms with van der Waals surface area (Å²) >= 11 is 5.80. The molecule has 1 aliphatic heterocycles. The Morgan fingerprint density at radius 2 is 2.09 bits per heavy atom. The Bertz CT molecular complexity index is 644. The van der Waals surface area contributed by atoms with E-state index in [0.29, 0.717) is 22.4 Å². The fourth-order valence-electron chi connectivity index (χ4n) is 2.77. The highest BCUT2D eigenvalue weighted by molar-refractivity contribution is 7.91. The second-order valence-corrected chi connectivity index (χ2v) is 8.49. The van der Waals surface area contributed by atoms with Gasteiger partial charge >= 0.3 is 0 Å². The fourth-order valence-corrected chi connectivity index (χ4v) is 4.05. The molecule has 1 N–H and O–H groups in total. The molecule has 23 heavy (non-hydrogen) atoms. The minimum atomic E-state index is -3.32. The number of aliphatic imine (C=N–C) groups is 1. The monoisotopic (exact) mass is 357 g/mol. The molecule has 0 radical (unpaired) electrons. The molecule has 128 valence electrons. The van der Waals surface area contributed by atoms with Crippen LogP contribution in [0.15, 0.2) is 34.2 Å². The van der Waals surface area contributed by atoms with Gasteiger partial charge in [0.2, 0.25) is 0 Å². The molecule has 0 aromatic heterocycles. The summed E-state index contributed by atoms with van der Waals surface area (Å²) in [7, 11) is -1.59. The number of benzene rings is 1. The van der Waals surface area contributed by atoms with E-state index in [2.05, 4.69) is 22.1 Å². The second-order valence-electron chi connectivity index (χ2n) is 5.94. The topological polar surface area (TPSA) is 61.8 Å². The molecule has 0 spiro atoms. The molecule has 0 bridgehead atoms. The molecule has 0 aliphatic carbocycles. The van der Waals surface area contributed by atoms with Crippen molar-refractivity contribution in [3.05, 3.63) is 29.3 Å². The highest BCUT2D eigenvalue weighted by Crippen LogP contribution is 2.16. The largest absolute Gasteiger partial charge is 0.355 e. The van der Waals surface area contributed by atoms with Crippen LogP contribution in [0.4, 0.5) is 0 Å². The maximum atomic E-state index is 12.3. The summed E-state index contributed by atoms with van der Waals surface area (Å²) in [6, 6.07) is 6.27. The van der Waals surface area contributed by atoms with Gasteiger partial charge in [0.05, 0.1) is 10.6 Å². The Morgan fingerprint density at radius 1 is 1.39 bits per heavy atom. The van der Waals surface area contributed by atoms with Crippen LogP contribution in [0.25, 0.3) is 0 Å². The van der Waals surface area contributed by atoms with E-state index in [0.717, 1.165) is 25.5 Å². The molecule has 0 saturated carbocycles. The van der Waals surface area contributed by atoms with Crippen LogP contribution < -0.4 is 5.32 Å². The molecule has 7 heteroatoms. The number of guanidine groups is 1. The first kappa shape index (κ1) is 18.1. The first-order valence-corrected chi connectivity index (χ1v) is 9.89. The smallest absolute Gasteiger partial charge is 0.193 e. The van der Waals surface area contributed by atoms with Crippen LogP contribution in [0.5, 0.6) is 0 Å². The maximum Gasteiger partial charge on any atom is 0.193 e. The molecule has 1 fully saturated rings. The van der Waals surface area contributed by atoms with Crippen molar-refractivity contribution < 1.29 is 8.42 Å². The van der Waals surface area contributed by atoms with Crippen molar-refractivity contribution in [2.75, 3.05) is 32.4 Å². The summed E-state index contributed by atoms with van der Waals surface area (Å²) in [6.45, 7) is 4.49. The fraction of sp³-hybridized carbons (Fsp3) is 0.562. The van der Waals surface area contributed by atoms with E-state index in [1.54, 1.807) is 31.3 Å². The van der Waals surface area contributed by atoms with Crippen LogP contribution in [0.3, 0.4) is 0 Å². The lowest BCUT2D eigenvalue weighted by Gasteiger charge is -2.33. The van der Waals surface area contributed by atoms with E-state index >= 15 is 0 Å². The number of nitrogens with zero attached hydrogens (tertiary/aromatic N) is 2. The molecule has 5 nitrogen and oxygen atoms in total. The lowest BCUT2D eigenvalue weighted by atomic mass is 10.0. The zero-order valence-corrected chi connectivity index (χ0v) is 15.2. The molecular formula is C16H24ClN3O2S. The molecule has 1 aromatic rings. The van der Waals surface area contributed by atoms with Gasteiger partial charge in [-0.05, 0) is 43.0 Å². The Balaban J connectivity index is 1.91. The van der Waals surface area contributed by atoms with Gasteiger partial charge < -0.3 is 10.2 Å². The van der Waals surface area contributed by atoms with E-state index in [1.807, 2.05) is 0 Å². The third-order valence-electron chi connectivity index (χ3n) is 4.00. The number of hydrogen-bond donors (Lipinski definition) is 1. The third-order valence-corrected chi connectivity index (χ3v) is 5.98. The highest BCUT2D eigenvalue weighted by atomic mass is 35.5. The van der Waals surface area contributed by atoms with Crippen molar-refractivity contribution >= 4 is 27.4 Å². The van der Waals surface area contributed by atoms with Crippen LogP contribution >= 0.6 is 11.6 Å². The number of likely N-dealkylation sites (tertiary alicyclic amines) is 1. The zero-order chi connectivity index (χ0) is 16.9. The van der Waals surface area contributed by atoms with Gasteiger partial charge in [0.1, 0.15) is 0 Å². The molecule has 1 saturated heterocycles. The second kappa shape index (κ2) is 8.02. The third kappa shape index (κ3) is 5.11. The summed E-state index contributed by atoms with van der Waals surface area (Å²) in [5.74, 6) is 1.44. The lowest BCUT2D eigenvalue weighted by molar-refractivity contribution is 0.266.